The standard InChI is InChI=1S/C15H16N2OS2/c1-9(2)7-13(18)17-14-12(8-16)10-5-3-4-6-11(10)15(19)20-14/h7H,3-6H2,1-2H3,(H,17,18). The Morgan fingerprint density at radius 3 is 2.60 bits per heavy atom. The van der Waals surface area contributed by atoms with Gasteiger partial charge in [-0.1, -0.05) is 17.8 Å². The van der Waals surface area contributed by atoms with Crippen molar-refractivity contribution in [2.75, 3.05) is 5.32 Å². The second-order valence-electron chi connectivity index (χ2n) is 5.08. The molecule has 0 aliphatic heterocycles. The normalized spacial score (nSPS) is 13.1. The first-order valence-corrected chi connectivity index (χ1v) is 7.80. The minimum atomic E-state index is -0.206. The van der Waals surface area contributed by atoms with Gasteiger partial charge in [0.05, 0.1) is 9.39 Å². The highest BCUT2D eigenvalue weighted by Gasteiger charge is 2.19. The number of fused-ring (bicyclic) bond motifs is 1. The first kappa shape index (κ1) is 14.9. The lowest BCUT2D eigenvalue weighted by atomic mass is 9.91. The first-order valence-electron chi connectivity index (χ1n) is 6.57. The number of nitriles is 1. The fraction of sp³-hybridized carbons (Fsp3) is 0.400. The van der Waals surface area contributed by atoms with Gasteiger partial charge in [0.15, 0.2) is 0 Å². The van der Waals surface area contributed by atoms with Crippen molar-refractivity contribution in [3.63, 3.8) is 0 Å². The van der Waals surface area contributed by atoms with E-state index in [1.54, 1.807) is 0 Å². The summed E-state index contributed by atoms with van der Waals surface area (Å²) >= 11 is 6.75. The number of hydrogen-bond acceptors (Lipinski definition) is 4. The van der Waals surface area contributed by atoms with Crippen LogP contribution in [-0.4, -0.2) is 5.91 Å². The Labute approximate surface area is 127 Å². The molecule has 3 nitrogen and oxygen atoms in total. The maximum atomic E-state index is 11.8. The lowest BCUT2D eigenvalue weighted by Gasteiger charge is -2.18. The minimum absolute atomic E-state index is 0.206. The highest BCUT2D eigenvalue weighted by atomic mass is 32.1. The molecule has 0 saturated carbocycles. The molecule has 1 aliphatic carbocycles. The number of anilines is 1. The molecule has 0 atom stereocenters. The number of allylic oxidation sites excluding steroid dienone is 1. The summed E-state index contributed by atoms with van der Waals surface area (Å²) in [7, 11) is 0. The second kappa shape index (κ2) is 6.29. The van der Waals surface area contributed by atoms with Crippen LogP contribution in [0.15, 0.2) is 11.6 Å². The Hall–Kier alpha value is -1.51. The van der Waals surface area contributed by atoms with Crippen molar-refractivity contribution in [1.29, 1.82) is 5.26 Å². The van der Waals surface area contributed by atoms with Crippen molar-refractivity contribution in [3.8, 4) is 6.07 Å². The van der Waals surface area contributed by atoms with Crippen LogP contribution < -0.4 is 5.32 Å². The number of carbonyl (C=O) groups is 1. The maximum absolute atomic E-state index is 11.8. The van der Waals surface area contributed by atoms with Crippen molar-refractivity contribution in [3.05, 3.63) is 32.2 Å². The van der Waals surface area contributed by atoms with E-state index in [0.717, 1.165) is 46.2 Å². The summed E-state index contributed by atoms with van der Waals surface area (Å²) in [6.07, 6.45) is 5.54. The third kappa shape index (κ3) is 3.14. The van der Waals surface area contributed by atoms with Crippen LogP contribution in [0.4, 0.5) is 5.00 Å². The van der Waals surface area contributed by atoms with Gasteiger partial charge in [-0.15, -0.1) is 11.3 Å². The molecule has 0 unspecified atom stereocenters. The van der Waals surface area contributed by atoms with Crippen molar-refractivity contribution in [2.45, 2.75) is 39.5 Å². The van der Waals surface area contributed by atoms with Crippen molar-refractivity contribution < 1.29 is 4.79 Å². The zero-order valence-electron chi connectivity index (χ0n) is 11.6. The smallest absolute Gasteiger partial charge is 0.248 e. The fourth-order valence-electron chi connectivity index (χ4n) is 2.37. The number of rotatable bonds is 2. The van der Waals surface area contributed by atoms with Gasteiger partial charge in [0.2, 0.25) is 5.91 Å². The van der Waals surface area contributed by atoms with Gasteiger partial charge in [-0.25, -0.2) is 0 Å². The molecule has 0 bridgehead atoms. The van der Waals surface area contributed by atoms with Gasteiger partial charge >= 0.3 is 0 Å². The van der Waals surface area contributed by atoms with Crippen LogP contribution in [0.1, 0.15) is 43.4 Å². The topological polar surface area (TPSA) is 52.9 Å². The van der Waals surface area contributed by atoms with Gasteiger partial charge in [0.1, 0.15) is 11.1 Å². The number of carbonyl (C=O) groups excluding carboxylic acids is 1. The maximum Gasteiger partial charge on any atom is 0.248 e. The third-order valence-corrected chi connectivity index (χ3v) is 4.64. The van der Waals surface area contributed by atoms with Crippen LogP contribution >= 0.6 is 23.6 Å². The lowest BCUT2D eigenvalue weighted by Crippen LogP contribution is -2.12. The number of amides is 1. The number of nitrogens with zero attached hydrogens (tertiary/aromatic N) is 1. The van der Waals surface area contributed by atoms with E-state index in [-0.39, 0.29) is 5.91 Å². The molecule has 0 fully saturated rings. The van der Waals surface area contributed by atoms with Crippen molar-refractivity contribution >= 4 is 34.5 Å². The molecular formula is C15H16N2OS2. The third-order valence-electron chi connectivity index (χ3n) is 3.21. The van der Waals surface area contributed by atoms with E-state index in [4.69, 9.17) is 12.2 Å². The van der Waals surface area contributed by atoms with Gasteiger partial charge in [0.25, 0.3) is 0 Å². The van der Waals surface area contributed by atoms with E-state index in [1.807, 2.05) is 13.8 Å². The van der Waals surface area contributed by atoms with Crippen LogP contribution in [-0.2, 0) is 17.6 Å². The van der Waals surface area contributed by atoms with E-state index in [1.165, 1.54) is 17.4 Å². The van der Waals surface area contributed by atoms with Crippen LogP contribution in [0.5, 0.6) is 0 Å². The summed E-state index contributed by atoms with van der Waals surface area (Å²) in [5.74, 6) is -0.206. The number of nitrogens with one attached hydrogen (secondary N) is 1. The van der Waals surface area contributed by atoms with E-state index in [2.05, 4.69) is 11.4 Å². The Balaban J connectivity index is 2.47. The SMILES string of the molecule is CC(C)=CC(=O)Nc1sc(=S)c2c(c1C#N)CCCC2. The fourth-order valence-corrected chi connectivity index (χ4v) is 3.80. The molecule has 1 aromatic heterocycles. The molecule has 1 heterocycles. The van der Waals surface area contributed by atoms with Crippen molar-refractivity contribution in [2.24, 2.45) is 0 Å². The van der Waals surface area contributed by atoms with Crippen LogP contribution in [0, 0.1) is 15.2 Å². The molecule has 20 heavy (non-hydrogen) atoms. The van der Waals surface area contributed by atoms with Gasteiger partial charge in [-0.2, -0.15) is 5.26 Å². The zero-order chi connectivity index (χ0) is 14.7. The average molecular weight is 304 g/mol. The molecule has 104 valence electrons. The highest BCUT2D eigenvalue weighted by Crippen LogP contribution is 2.34. The van der Waals surface area contributed by atoms with Crippen LogP contribution in [0.25, 0.3) is 0 Å². The minimum Gasteiger partial charge on any atom is -0.313 e. The van der Waals surface area contributed by atoms with Gasteiger partial charge in [-0.05, 0) is 50.7 Å². The Kier molecular flexibility index (Phi) is 4.69. The summed E-state index contributed by atoms with van der Waals surface area (Å²) in [4.78, 5) is 11.8. The summed E-state index contributed by atoms with van der Waals surface area (Å²) < 4.78 is 0.797. The molecule has 0 saturated heterocycles. The lowest BCUT2D eigenvalue weighted by molar-refractivity contribution is -0.111. The Bertz CT molecular complexity index is 676. The van der Waals surface area contributed by atoms with E-state index >= 15 is 0 Å². The van der Waals surface area contributed by atoms with E-state index < -0.39 is 0 Å². The summed E-state index contributed by atoms with van der Waals surface area (Å²) in [6, 6.07) is 2.24. The Morgan fingerprint density at radius 1 is 1.35 bits per heavy atom. The summed E-state index contributed by atoms with van der Waals surface area (Å²) in [6.45, 7) is 3.72. The Morgan fingerprint density at radius 2 is 2.00 bits per heavy atom. The quantitative estimate of drug-likeness (QED) is 0.660. The molecule has 0 aromatic carbocycles. The molecule has 0 radical (unpaired) electrons. The summed E-state index contributed by atoms with van der Waals surface area (Å²) in [5.41, 5.74) is 3.68. The molecule has 1 aromatic rings. The van der Waals surface area contributed by atoms with E-state index in [9.17, 15) is 10.1 Å². The van der Waals surface area contributed by atoms with Gasteiger partial charge < -0.3 is 5.32 Å². The molecule has 2 rings (SSSR count). The molecule has 1 amide bonds. The molecular weight excluding hydrogens is 288 g/mol. The van der Waals surface area contributed by atoms with E-state index in [0.29, 0.717) is 10.6 Å². The monoisotopic (exact) mass is 304 g/mol. The number of hydrogen-bond donors (Lipinski definition) is 1. The van der Waals surface area contributed by atoms with Gasteiger partial charge in [0, 0.05) is 6.08 Å². The first-order chi connectivity index (χ1) is 9.52. The second-order valence-corrected chi connectivity index (χ2v) is 6.77. The van der Waals surface area contributed by atoms with Crippen molar-refractivity contribution in [1.82, 2.24) is 0 Å². The largest absolute Gasteiger partial charge is 0.313 e. The molecule has 1 aliphatic rings. The average Bonchev–Trinajstić information content (AvgIpc) is 2.38. The van der Waals surface area contributed by atoms with Gasteiger partial charge in [-0.3, -0.25) is 4.79 Å². The molecule has 1 N–H and O–H groups in total. The van der Waals surface area contributed by atoms with Crippen LogP contribution in [0.3, 0.4) is 0 Å². The molecule has 0 spiro atoms. The highest BCUT2D eigenvalue weighted by molar-refractivity contribution is 7.73. The predicted octanol–water partition coefficient (Wildman–Crippen LogP) is 4.13. The zero-order valence-corrected chi connectivity index (χ0v) is 13.2. The molecule has 5 heteroatoms. The summed E-state index contributed by atoms with van der Waals surface area (Å²) in [5, 5.41) is 12.8. The predicted molar refractivity (Wildman–Crippen MR) is 84.6 cm³/mol. The van der Waals surface area contributed by atoms with Crippen LogP contribution in [0.2, 0.25) is 0 Å².